The Bertz CT molecular complexity index is 993. The van der Waals surface area contributed by atoms with Gasteiger partial charge >= 0.3 is 0 Å². The summed E-state index contributed by atoms with van der Waals surface area (Å²) in [6.45, 7) is 10.7. The monoisotopic (exact) mass is 468 g/mol. The molecule has 2 N–H and O–H groups in total. The Labute approximate surface area is 201 Å². The van der Waals surface area contributed by atoms with Gasteiger partial charge in [0.05, 0.1) is 0 Å². The van der Waals surface area contributed by atoms with Crippen molar-refractivity contribution < 1.29 is 14.3 Å². The summed E-state index contributed by atoms with van der Waals surface area (Å²) in [6.07, 6.45) is 0. The van der Waals surface area contributed by atoms with Crippen LogP contribution in [0.2, 0.25) is 0 Å². The molecule has 0 bridgehead atoms. The molecule has 0 saturated carbocycles. The van der Waals surface area contributed by atoms with E-state index in [4.69, 9.17) is 17.0 Å². The van der Waals surface area contributed by atoms with Gasteiger partial charge in [-0.1, -0.05) is 39.0 Å². The molecule has 8 heteroatoms. The molecule has 0 aromatic heterocycles. The molecule has 3 rings (SSSR count). The van der Waals surface area contributed by atoms with Crippen molar-refractivity contribution in [2.45, 2.75) is 27.7 Å². The summed E-state index contributed by atoms with van der Waals surface area (Å²) >= 11 is 5.25. The van der Waals surface area contributed by atoms with Crippen LogP contribution in [0.1, 0.15) is 26.3 Å². The van der Waals surface area contributed by atoms with Gasteiger partial charge in [-0.05, 0) is 55.0 Å². The summed E-state index contributed by atoms with van der Waals surface area (Å²) < 4.78 is 5.54. The summed E-state index contributed by atoms with van der Waals surface area (Å²) in [7, 11) is 0. The SMILES string of the molecule is Cc1ccccc1OCC(=O)NC(=S)Nc1ccc(N2CCN(C(=O)C(C)(C)C)CC2)cc1. The minimum absolute atomic E-state index is 0.116. The number of carbonyl (C=O) groups excluding carboxylic acids is 2. The van der Waals surface area contributed by atoms with Gasteiger partial charge in [0, 0.05) is 43.0 Å². The predicted molar refractivity (Wildman–Crippen MR) is 136 cm³/mol. The normalized spacial score (nSPS) is 13.9. The highest BCUT2D eigenvalue weighted by Crippen LogP contribution is 2.22. The molecule has 7 nitrogen and oxygen atoms in total. The number of thiocarbonyl (C=S) groups is 1. The lowest BCUT2D eigenvalue weighted by Crippen LogP contribution is -2.51. The van der Waals surface area contributed by atoms with Crippen LogP contribution in [0, 0.1) is 12.3 Å². The Morgan fingerprint density at radius 3 is 2.24 bits per heavy atom. The van der Waals surface area contributed by atoms with Crippen molar-refractivity contribution in [3.05, 3.63) is 54.1 Å². The summed E-state index contributed by atoms with van der Waals surface area (Å²) in [6, 6.07) is 15.4. The Hall–Kier alpha value is -3.13. The lowest BCUT2D eigenvalue weighted by atomic mass is 9.94. The average Bonchev–Trinajstić information content (AvgIpc) is 2.78. The van der Waals surface area contributed by atoms with Gasteiger partial charge in [-0.25, -0.2) is 0 Å². The number of carbonyl (C=O) groups is 2. The maximum Gasteiger partial charge on any atom is 0.264 e. The number of para-hydroxylation sites is 1. The molecular formula is C25H32N4O3S. The van der Waals surface area contributed by atoms with Crippen LogP contribution < -0.4 is 20.3 Å². The summed E-state index contributed by atoms with van der Waals surface area (Å²) in [5, 5.41) is 5.87. The highest BCUT2D eigenvalue weighted by molar-refractivity contribution is 7.80. The molecule has 2 amide bonds. The number of nitrogens with zero attached hydrogens (tertiary/aromatic N) is 2. The summed E-state index contributed by atoms with van der Waals surface area (Å²) in [4.78, 5) is 28.8. The van der Waals surface area contributed by atoms with Crippen LogP contribution in [0.3, 0.4) is 0 Å². The Morgan fingerprint density at radius 1 is 1.00 bits per heavy atom. The number of hydrogen-bond donors (Lipinski definition) is 2. The van der Waals surface area contributed by atoms with Crippen LogP contribution in [-0.2, 0) is 9.59 Å². The Morgan fingerprint density at radius 2 is 1.64 bits per heavy atom. The lowest BCUT2D eigenvalue weighted by Gasteiger charge is -2.38. The standard InChI is InChI=1S/C25H32N4O3S/c1-18-7-5-6-8-21(18)32-17-22(30)27-24(33)26-19-9-11-20(12-10-19)28-13-15-29(16-14-28)23(31)25(2,3)4/h5-12H,13-17H2,1-4H3,(H2,26,27,30,33). The smallest absolute Gasteiger partial charge is 0.264 e. The number of rotatable bonds is 5. The molecule has 0 aliphatic carbocycles. The highest BCUT2D eigenvalue weighted by Gasteiger charge is 2.29. The molecule has 1 aliphatic rings. The van der Waals surface area contributed by atoms with Crippen molar-refractivity contribution in [3.63, 3.8) is 0 Å². The molecule has 0 spiro atoms. The van der Waals surface area contributed by atoms with Gasteiger partial charge in [-0.2, -0.15) is 0 Å². The Balaban J connectivity index is 1.44. The van der Waals surface area contributed by atoms with E-state index in [-0.39, 0.29) is 28.9 Å². The maximum atomic E-state index is 12.5. The van der Waals surface area contributed by atoms with Crippen molar-refractivity contribution in [1.82, 2.24) is 10.2 Å². The molecule has 2 aromatic carbocycles. The van der Waals surface area contributed by atoms with E-state index in [0.717, 1.165) is 43.1 Å². The zero-order chi connectivity index (χ0) is 24.0. The van der Waals surface area contributed by atoms with Crippen LogP contribution in [0.15, 0.2) is 48.5 Å². The van der Waals surface area contributed by atoms with Crippen LogP contribution in [0.4, 0.5) is 11.4 Å². The van der Waals surface area contributed by atoms with E-state index in [1.54, 1.807) is 0 Å². The van der Waals surface area contributed by atoms with Crippen molar-refractivity contribution in [3.8, 4) is 5.75 Å². The highest BCUT2D eigenvalue weighted by atomic mass is 32.1. The predicted octanol–water partition coefficient (Wildman–Crippen LogP) is 3.58. The first-order valence-electron chi connectivity index (χ1n) is 11.1. The van der Waals surface area contributed by atoms with E-state index in [2.05, 4.69) is 15.5 Å². The van der Waals surface area contributed by atoms with Crippen molar-refractivity contribution >= 4 is 40.5 Å². The van der Waals surface area contributed by atoms with Gasteiger partial charge in [-0.15, -0.1) is 0 Å². The number of aryl methyl sites for hydroxylation is 1. The number of anilines is 2. The molecule has 2 aromatic rings. The quantitative estimate of drug-likeness (QED) is 0.654. The van der Waals surface area contributed by atoms with E-state index in [1.807, 2.05) is 81.1 Å². The van der Waals surface area contributed by atoms with E-state index < -0.39 is 0 Å². The first-order chi connectivity index (χ1) is 15.6. The van der Waals surface area contributed by atoms with Gasteiger partial charge in [0.2, 0.25) is 5.91 Å². The maximum absolute atomic E-state index is 12.5. The first-order valence-corrected chi connectivity index (χ1v) is 11.5. The van der Waals surface area contributed by atoms with Crippen LogP contribution in [-0.4, -0.2) is 54.6 Å². The van der Waals surface area contributed by atoms with Crippen LogP contribution >= 0.6 is 12.2 Å². The van der Waals surface area contributed by atoms with Crippen molar-refractivity contribution in [2.24, 2.45) is 5.41 Å². The molecule has 0 atom stereocenters. The third kappa shape index (κ3) is 6.92. The molecular weight excluding hydrogens is 436 g/mol. The van der Waals surface area contributed by atoms with Gasteiger partial charge in [-0.3, -0.25) is 14.9 Å². The number of piperazine rings is 1. The summed E-state index contributed by atoms with van der Waals surface area (Å²) in [5.41, 5.74) is 2.49. The molecule has 0 unspecified atom stereocenters. The number of hydrogen-bond acceptors (Lipinski definition) is 5. The molecule has 33 heavy (non-hydrogen) atoms. The molecule has 1 saturated heterocycles. The van der Waals surface area contributed by atoms with Gasteiger partial charge < -0.3 is 19.9 Å². The molecule has 0 radical (unpaired) electrons. The molecule has 1 fully saturated rings. The number of nitrogens with one attached hydrogen (secondary N) is 2. The number of ether oxygens (including phenoxy) is 1. The molecule has 1 heterocycles. The number of benzene rings is 2. The van der Waals surface area contributed by atoms with E-state index in [1.165, 1.54) is 0 Å². The van der Waals surface area contributed by atoms with E-state index >= 15 is 0 Å². The second-order valence-corrected chi connectivity index (χ2v) is 9.54. The van der Waals surface area contributed by atoms with Gasteiger partial charge in [0.25, 0.3) is 5.91 Å². The Kier molecular flexibility index (Phi) is 7.92. The second-order valence-electron chi connectivity index (χ2n) is 9.13. The third-order valence-corrected chi connectivity index (χ3v) is 5.61. The largest absolute Gasteiger partial charge is 0.483 e. The lowest BCUT2D eigenvalue weighted by molar-refractivity contribution is -0.139. The second kappa shape index (κ2) is 10.7. The molecule has 1 aliphatic heterocycles. The third-order valence-electron chi connectivity index (χ3n) is 5.40. The van der Waals surface area contributed by atoms with Gasteiger partial charge in [0.1, 0.15) is 5.75 Å². The average molecular weight is 469 g/mol. The zero-order valence-corrected chi connectivity index (χ0v) is 20.5. The molecule has 176 valence electrons. The van der Waals surface area contributed by atoms with E-state index in [9.17, 15) is 9.59 Å². The topological polar surface area (TPSA) is 73.9 Å². The first kappa shape index (κ1) is 24.5. The van der Waals surface area contributed by atoms with Crippen molar-refractivity contribution in [2.75, 3.05) is 43.0 Å². The fourth-order valence-electron chi connectivity index (χ4n) is 3.58. The van der Waals surface area contributed by atoms with Crippen LogP contribution in [0.5, 0.6) is 5.75 Å². The van der Waals surface area contributed by atoms with Crippen molar-refractivity contribution in [1.29, 1.82) is 0 Å². The zero-order valence-electron chi connectivity index (χ0n) is 19.7. The minimum Gasteiger partial charge on any atom is -0.483 e. The fraction of sp³-hybridized carbons (Fsp3) is 0.400. The number of amides is 2. The van der Waals surface area contributed by atoms with Crippen LogP contribution in [0.25, 0.3) is 0 Å². The van der Waals surface area contributed by atoms with E-state index in [0.29, 0.717) is 5.75 Å². The van der Waals surface area contributed by atoms with Gasteiger partial charge in [0.15, 0.2) is 11.7 Å². The summed E-state index contributed by atoms with van der Waals surface area (Å²) in [5.74, 6) is 0.544. The minimum atomic E-state index is -0.351. The fourth-order valence-corrected chi connectivity index (χ4v) is 3.82.